The van der Waals surface area contributed by atoms with Crippen molar-refractivity contribution in [1.29, 1.82) is 5.26 Å². The first-order valence-electron chi connectivity index (χ1n) is 11.4. The fourth-order valence-corrected chi connectivity index (χ4v) is 4.68. The predicted molar refractivity (Wildman–Crippen MR) is 132 cm³/mol. The molecule has 5 rings (SSSR count). The van der Waals surface area contributed by atoms with Gasteiger partial charge in [0.05, 0.1) is 11.8 Å². The molecule has 6 nitrogen and oxygen atoms in total. The summed E-state index contributed by atoms with van der Waals surface area (Å²) in [6, 6.07) is 14.1. The van der Waals surface area contributed by atoms with Crippen molar-refractivity contribution in [3.05, 3.63) is 94.1 Å². The van der Waals surface area contributed by atoms with Gasteiger partial charge in [-0.25, -0.2) is 0 Å². The van der Waals surface area contributed by atoms with Crippen LogP contribution in [0.1, 0.15) is 12.0 Å². The fourth-order valence-electron chi connectivity index (χ4n) is 4.68. The van der Waals surface area contributed by atoms with E-state index in [2.05, 4.69) is 33.0 Å². The number of hydrogen-bond acceptors (Lipinski definition) is 5. The molecule has 2 aliphatic heterocycles. The van der Waals surface area contributed by atoms with Crippen LogP contribution < -0.4 is 10.5 Å². The topological polar surface area (TPSA) is 64.6 Å². The Morgan fingerprint density at radius 2 is 1.82 bits per heavy atom. The van der Waals surface area contributed by atoms with E-state index in [-0.39, 0.29) is 11.5 Å². The maximum atomic E-state index is 12.2. The summed E-state index contributed by atoms with van der Waals surface area (Å²) in [5.74, 6) is 0.172. The van der Waals surface area contributed by atoms with Crippen LogP contribution in [0.15, 0.2) is 88.0 Å². The van der Waals surface area contributed by atoms with Gasteiger partial charge in [-0.3, -0.25) is 19.3 Å². The van der Waals surface area contributed by atoms with Crippen LogP contribution in [0.4, 0.5) is 5.69 Å². The number of hydrogen-bond donors (Lipinski definition) is 0. The number of aromatic nitrogens is 1. The summed E-state index contributed by atoms with van der Waals surface area (Å²) in [5.41, 5.74) is 6.12. The number of nitrogens with zero attached hydrogens (tertiary/aromatic N) is 5. The van der Waals surface area contributed by atoms with Crippen LogP contribution in [0.25, 0.3) is 5.69 Å². The molecule has 1 unspecified atom stereocenters. The molecule has 1 aromatic carbocycles. The Bertz CT molecular complexity index is 1260. The van der Waals surface area contributed by atoms with Crippen LogP contribution in [-0.4, -0.2) is 47.9 Å². The third-order valence-electron chi connectivity index (χ3n) is 6.66. The molecule has 1 aliphatic carbocycles. The van der Waals surface area contributed by atoms with E-state index in [1.165, 1.54) is 11.3 Å². The molecule has 1 fully saturated rings. The molecule has 3 aliphatic rings. The third-order valence-corrected chi connectivity index (χ3v) is 6.66. The highest BCUT2D eigenvalue weighted by molar-refractivity contribution is 6.03. The minimum absolute atomic E-state index is 0.00477. The number of anilines is 1. The Labute approximate surface area is 194 Å². The summed E-state index contributed by atoms with van der Waals surface area (Å²) < 4.78 is 1.68. The van der Waals surface area contributed by atoms with Crippen LogP contribution >= 0.6 is 0 Å². The van der Waals surface area contributed by atoms with Gasteiger partial charge in [0.1, 0.15) is 0 Å². The zero-order chi connectivity index (χ0) is 22.8. The van der Waals surface area contributed by atoms with Crippen LogP contribution in [0.5, 0.6) is 0 Å². The van der Waals surface area contributed by atoms with Crippen molar-refractivity contribution in [2.24, 2.45) is 10.9 Å². The largest absolute Gasteiger partial charge is 0.369 e. The smallest absolute Gasteiger partial charge is 0.255 e. The number of aryl methyl sites for hydroxylation is 1. The van der Waals surface area contributed by atoms with Crippen LogP contribution in [0.3, 0.4) is 0 Å². The van der Waals surface area contributed by atoms with E-state index in [9.17, 15) is 10.1 Å². The van der Waals surface area contributed by atoms with E-state index in [4.69, 9.17) is 0 Å². The number of fused-ring (bicyclic) bond motifs is 1. The average molecular weight is 438 g/mol. The lowest BCUT2D eigenvalue weighted by atomic mass is 9.88. The van der Waals surface area contributed by atoms with Crippen molar-refractivity contribution < 1.29 is 0 Å². The van der Waals surface area contributed by atoms with Gasteiger partial charge in [-0.2, -0.15) is 5.26 Å². The lowest BCUT2D eigenvalue weighted by molar-refractivity contribution is 0.260. The van der Waals surface area contributed by atoms with Crippen molar-refractivity contribution >= 4 is 11.4 Å². The Balaban J connectivity index is 1.14. The fraction of sp³-hybridized carbons (Fsp3) is 0.296. The van der Waals surface area contributed by atoms with Gasteiger partial charge in [-0.15, -0.1) is 0 Å². The number of rotatable bonds is 5. The Hall–Kier alpha value is -3.69. The van der Waals surface area contributed by atoms with Gasteiger partial charge < -0.3 is 4.90 Å². The van der Waals surface area contributed by atoms with Crippen molar-refractivity contribution in [2.75, 3.05) is 37.6 Å². The summed E-state index contributed by atoms with van der Waals surface area (Å²) in [6.45, 7) is 6.94. The summed E-state index contributed by atoms with van der Waals surface area (Å²) in [6.07, 6.45) is 10.6. The van der Waals surface area contributed by atoms with E-state index >= 15 is 0 Å². The molecule has 33 heavy (non-hydrogen) atoms. The van der Waals surface area contributed by atoms with Crippen LogP contribution in [-0.2, 0) is 0 Å². The standard InChI is InChI=1S/C27H27N5O/c1-20-8-11-32(27(33)16-20)24-5-3-23(4-6-24)31-14-12-30(13-15-31)10-9-22-19-29-26-7-2-21(18-28)17-25(22)26/h2-8,11,16-17,19,25H,9-10,12-15H2,1H3. The Kier molecular flexibility index (Phi) is 5.80. The molecule has 0 N–H and O–H groups in total. The molecule has 1 saturated heterocycles. The minimum Gasteiger partial charge on any atom is -0.369 e. The minimum atomic E-state index is -0.00477. The van der Waals surface area contributed by atoms with Gasteiger partial charge in [-0.05, 0) is 67.0 Å². The van der Waals surface area contributed by atoms with Gasteiger partial charge in [-0.1, -0.05) is 6.08 Å². The second-order valence-electron chi connectivity index (χ2n) is 8.81. The zero-order valence-corrected chi connectivity index (χ0v) is 18.8. The zero-order valence-electron chi connectivity index (χ0n) is 18.8. The predicted octanol–water partition coefficient (Wildman–Crippen LogP) is 3.63. The highest BCUT2D eigenvalue weighted by Crippen LogP contribution is 2.29. The highest BCUT2D eigenvalue weighted by atomic mass is 16.1. The average Bonchev–Trinajstić information content (AvgIpc) is 3.25. The highest BCUT2D eigenvalue weighted by Gasteiger charge is 2.25. The first-order valence-corrected chi connectivity index (χ1v) is 11.4. The van der Waals surface area contributed by atoms with Gasteiger partial charge in [0.15, 0.2) is 0 Å². The molecule has 6 heteroatoms. The van der Waals surface area contributed by atoms with Crippen molar-refractivity contribution in [3.8, 4) is 11.8 Å². The second kappa shape index (κ2) is 9.05. The lowest BCUT2D eigenvalue weighted by Gasteiger charge is -2.36. The number of pyridine rings is 1. The molecular weight excluding hydrogens is 410 g/mol. The molecule has 1 atom stereocenters. The molecule has 0 amide bonds. The number of nitriles is 1. The Morgan fingerprint density at radius 1 is 1.06 bits per heavy atom. The molecular formula is C27H27N5O. The van der Waals surface area contributed by atoms with Gasteiger partial charge in [0.2, 0.25) is 0 Å². The molecule has 2 aromatic rings. The normalized spacial score (nSPS) is 20.1. The second-order valence-corrected chi connectivity index (χ2v) is 8.81. The summed E-state index contributed by atoms with van der Waals surface area (Å²) in [5, 5.41) is 9.19. The molecule has 0 radical (unpaired) electrons. The van der Waals surface area contributed by atoms with E-state index < -0.39 is 0 Å². The van der Waals surface area contributed by atoms with Gasteiger partial charge >= 0.3 is 0 Å². The first-order chi connectivity index (χ1) is 16.1. The first kappa shape index (κ1) is 21.2. The monoisotopic (exact) mass is 437 g/mol. The third kappa shape index (κ3) is 4.46. The number of benzene rings is 1. The van der Waals surface area contributed by atoms with Crippen LogP contribution in [0.2, 0.25) is 0 Å². The molecule has 1 aromatic heterocycles. The Morgan fingerprint density at radius 3 is 2.55 bits per heavy atom. The van der Waals surface area contributed by atoms with Gasteiger partial charge in [0, 0.05) is 74.1 Å². The summed E-state index contributed by atoms with van der Waals surface area (Å²) in [7, 11) is 0. The molecule has 0 saturated carbocycles. The van der Waals surface area contributed by atoms with E-state index in [0.29, 0.717) is 0 Å². The van der Waals surface area contributed by atoms with Crippen molar-refractivity contribution in [2.45, 2.75) is 13.3 Å². The van der Waals surface area contributed by atoms with Crippen LogP contribution in [0, 0.1) is 24.2 Å². The van der Waals surface area contributed by atoms with E-state index in [0.717, 1.165) is 61.7 Å². The van der Waals surface area contributed by atoms with E-state index in [1.54, 1.807) is 10.6 Å². The summed E-state index contributed by atoms with van der Waals surface area (Å²) >= 11 is 0. The number of allylic oxidation sites excluding steroid dienone is 4. The SMILES string of the molecule is Cc1ccn(-c2ccc(N3CCN(CCC4=CN=C5C=CC(C#N)=CC45)CC3)cc2)c(=O)c1. The van der Waals surface area contributed by atoms with Crippen molar-refractivity contribution in [1.82, 2.24) is 9.47 Å². The summed E-state index contributed by atoms with van der Waals surface area (Å²) in [4.78, 5) is 21.7. The van der Waals surface area contributed by atoms with Gasteiger partial charge in [0.25, 0.3) is 5.56 Å². The van der Waals surface area contributed by atoms with E-state index in [1.807, 2.05) is 55.7 Å². The lowest BCUT2D eigenvalue weighted by Crippen LogP contribution is -2.46. The quantitative estimate of drug-likeness (QED) is 0.717. The molecule has 0 spiro atoms. The maximum Gasteiger partial charge on any atom is 0.255 e. The molecule has 166 valence electrons. The maximum absolute atomic E-state index is 12.2. The molecule has 3 heterocycles. The number of aliphatic imine (C=N–C) groups is 1. The number of piperazine rings is 1. The van der Waals surface area contributed by atoms with Crippen molar-refractivity contribution in [3.63, 3.8) is 0 Å². The molecule has 0 bridgehead atoms.